The Morgan fingerprint density at radius 1 is 1.32 bits per heavy atom. The van der Waals surface area contributed by atoms with Gasteiger partial charge >= 0.3 is 0 Å². The molecule has 2 aromatic rings. The zero-order valence-electron chi connectivity index (χ0n) is 10.6. The molecule has 3 rings (SSSR count). The zero-order valence-corrected chi connectivity index (χ0v) is 12.1. The molecule has 0 aliphatic carbocycles. The summed E-state index contributed by atoms with van der Waals surface area (Å²) in [5.41, 5.74) is 0.927. The highest BCUT2D eigenvalue weighted by Crippen LogP contribution is 2.26. The lowest BCUT2D eigenvalue weighted by Crippen LogP contribution is -2.36. The topological polar surface area (TPSA) is 33.2 Å². The van der Waals surface area contributed by atoms with E-state index < -0.39 is 0 Å². The van der Waals surface area contributed by atoms with Gasteiger partial charge in [0.05, 0.1) is 16.6 Å². The highest BCUT2D eigenvalue weighted by molar-refractivity contribution is 7.18. The number of hydrogen-bond donors (Lipinski definition) is 0. The van der Waals surface area contributed by atoms with Gasteiger partial charge in [-0.15, -0.1) is 11.3 Å². The van der Waals surface area contributed by atoms with Gasteiger partial charge in [0.1, 0.15) is 5.01 Å². The molecule has 1 saturated heterocycles. The van der Waals surface area contributed by atoms with Gasteiger partial charge in [0, 0.05) is 18.1 Å². The maximum Gasteiger partial charge on any atom is 0.229 e. The van der Waals surface area contributed by atoms with Crippen LogP contribution in [-0.4, -0.2) is 28.9 Å². The molecule has 1 aliphatic rings. The second-order valence-corrected chi connectivity index (χ2v) is 6.39. The van der Waals surface area contributed by atoms with E-state index >= 15 is 0 Å². The van der Waals surface area contributed by atoms with E-state index in [0.717, 1.165) is 41.2 Å². The molecular formula is C14H15ClN2OS. The van der Waals surface area contributed by atoms with Crippen LogP contribution in [0.4, 0.5) is 0 Å². The van der Waals surface area contributed by atoms with Gasteiger partial charge in [-0.25, -0.2) is 4.98 Å². The van der Waals surface area contributed by atoms with Crippen LogP contribution in [0, 0.1) is 0 Å². The number of benzene rings is 1. The Kier molecular flexibility index (Phi) is 3.71. The van der Waals surface area contributed by atoms with Crippen molar-refractivity contribution in [3.8, 4) is 0 Å². The number of hydrogen-bond acceptors (Lipinski definition) is 3. The van der Waals surface area contributed by atoms with E-state index in [1.54, 1.807) is 11.3 Å². The summed E-state index contributed by atoms with van der Waals surface area (Å²) in [4.78, 5) is 18.6. The number of rotatable bonds is 2. The zero-order chi connectivity index (χ0) is 13.2. The fraction of sp³-hybridized carbons (Fsp3) is 0.429. The summed E-state index contributed by atoms with van der Waals surface area (Å²) in [6.45, 7) is 1.80. The molecule has 0 unspecified atom stereocenters. The number of carbonyl (C=O) groups excluding carboxylic acids is 1. The predicted octanol–water partition coefficient (Wildman–Crippen LogP) is 3.50. The van der Waals surface area contributed by atoms with Crippen LogP contribution >= 0.6 is 22.9 Å². The van der Waals surface area contributed by atoms with E-state index in [-0.39, 0.29) is 5.91 Å². The second kappa shape index (κ2) is 5.47. The summed E-state index contributed by atoms with van der Waals surface area (Å²) in [7, 11) is 0. The van der Waals surface area contributed by atoms with Gasteiger partial charge in [-0.1, -0.05) is 11.6 Å². The smallest absolute Gasteiger partial charge is 0.229 e. The normalized spacial score (nSPS) is 15.9. The third kappa shape index (κ3) is 2.90. The van der Waals surface area contributed by atoms with Crippen LogP contribution in [-0.2, 0) is 11.2 Å². The van der Waals surface area contributed by atoms with Gasteiger partial charge in [0.2, 0.25) is 5.91 Å². The Balaban J connectivity index is 1.75. The first-order chi connectivity index (χ1) is 9.22. The lowest BCUT2D eigenvalue weighted by molar-refractivity contribution is -0.131. The molecule has 1 aromatic heterocycles. The fourth-order valence-corrected chi connectivity index (χ4v) is 3.64. The third-order valence-electron chi connectivity index (χ3n) is 3.41. The van der Waals surface area contributed by atoms with Crippen molar-refractivity contribution in [3.63, 3.8) is 0 Å². The largest absolute Gasteiger partial charge is 0.342 e. The average Bonchev–Trinajstić information content (AvgIpc) is 2.81. The van der Waals surface area contributed by atoms with E-state index in [0.29, 0.717) is 11.4 Å². The fourth-order valence-electron chi connectivity index (χ4n) is 2.41. The Morgan fingerprint density at radius 2 is 2.11 bits per heavy atom. The first-order valence-electron chi connectivity index (χ1n) is 6.55. The minimum atomic E-state index is 0.199. The van der Waals surface area contributed by atoms with Crippen LogP contribution in [0.15, 0.2) is 18.2 Å². The van der Waals surface area contributed by atoms with Gasteiger partial charge in [0.25, 0.3) is 0 Å². The molecule has 19 heavy (non-hydrogen) atoms. The first-order valence-corrected chi connectivity index (χ1v) is 7.74. The summed E-state index contributed by atoms with van der Waals surface area (Å²) >= 11 is 7.52. The van der Waals surface area contributed by atoms with Crippen molar-refractivity contribution in [1.29, 1.82) is 0 Å². The Morgan fingerprint density at radius 3 is 2.89 bits per heavy atom. The van der Waals surface area contributed by atoms with Crippen LogP contribution < -0.4 is 0 Å². The van der Waals surface area contributed by atoms with Gasteiger partial charge < -0.3 is 4.90 Å². The SMILES string of the molecule is O=C(Cc1nc2ccc(Cl)cc2s1)N1CCCCC1. The van der Waals surface area contributed by atoms with E-state index in [2.05, 4.69) is 4.98 Å². The highest BCUT2D eigenvalue weighted by Gasteiger charge is 2.18. The van der Waals surface area contributed by atoms with Crippen molar-refractivity contribution in [2.24, 2.45) is 0 Å². The van der Waals surface area contributed by atoms with Crippen molar-refractivity contribution in [2.75, 3.05) is 13.1 Å². The molecule has 0 N–H and O–H groups in total. The molecule has 0 saturated carbocycles. The van der Waals surface area contributed by atoms with Crippen LogP contribution in [0.1, 0.15) is 24.3 Å². The van der Waals surface area contributed by atoms with E-state index in [4.69, 9.17) is 11.6 Å². The monoisotopic (exact) mass is 294 g/mol. The van der Waals surface area contributed by atoms with E-state index in [1.165, 1.54) is 6.42 Å². The summed E-state index contributed by atoms with van der Waals surface area (Å²) in [6.07, 6.45) is 3.91. The van der Waals surface area contributed by atoms with Gasteiger partial charge in [-0.3, -0.25) is 4.79 Å². The lowest BCUT2D eigenvalue weighted by atomic mass is 10.1. The molecule has 100 valence electrons. The molecule has 3 nitrogen and oxygen atoms in total. The summed E-state index contributed by atoms with van der Waals surface area (Å²) in [5.74, 6) is 0.199. The first kappa shape index (κ1) is 12.9. The number of likely N-dealkylation sites (tertiary alicyclic amines) is 1. The number of carbonyl (C=O) groups is 1. The Hall–Kier alpha value is -1.13. The Bertz CT molecular complexity index is 605. The van der Waals surface area contributed by atoms with Crippen molar-refractivity contribution < 1.29 is 4.79 Å². The molecule has 1 aromatic carbocycles. The minimum absolute atomic E-state index is 0.199. The highest BCUT2D eigenvalue weighted by atomic mass is 35.5. The molecule has 1 aliphatic heterocycles. The molecule has 0 atom stereocenters. The quantitative estimate of drug-likeness (QED) is 0.849. The van der Waals surface area contributed by atoms with Gasteiger partial charge in [-0.2, -0.15) is 0 Å². The molecular weight excluding hydrogens is 280 g/mol. The number of nitrogens with zero attached hydrogens (tertiary/aromatic N) is 2. The molecule has 0 bridgehead atoms. The van der Waals surface area contributed by atoms with Crippen LogP contribution in [0.25, 0.3) is 10.2 Å². The molecule has 0 spiro atoms. The van der Waals surface area contributed by atoms with E-state index in [9.17, 15) is 4.79 Å². The van der Waals surface area contributed by atoms with Gasteiger partial charge in [0.15, 0.2) is 0 Å². The lowest BCUT2D eigenvalue weighted by Gasteiger charge is -2.26. The number of halogens is 1. The van der Waals surface area contributed by atoms with Crippen molar-refractivity contribution in [3.05, 3.63) is 28.2 Å². The van der Waals surface area contributed by atoms with Crippen LogP contribution in [0.3, 0.4) is 0 Å². The van der Waals surface area contributed by atoms with Crippen LogP contribution in [0.2, 0.25) is 5.02 Å². The maximum absolute atomic E-state index is 12.2. The number of piperidine rings is 1. The van der Waals surface area contributed by atoms with E-state index in [1.807, 2.05) is 23.1 Å². The third-order valence-corrected chi connectivity index (χ3v) is 4.66. The molecule has 1 fully saturated rings. The summed E-state index contributed by atoms with van der Waals surface area (Å²) in [6, 6.07) is 5.65. The summed E-state index contributed by atoms with van der Waals surface area (Å²) in [5, 5.41) is 1.60. The summed E-state index contributed by atoms with van der Waals surface area (Å²) < 4.78 is 1.05. The standard InChI is InChI=1S/C14H15ClN2OS/c15-10-4-5-11-12(8-10)19-13(16-11)9-14(18)17-6-2-1-3-7-17/h4-5,8H,1-3,6-7,9H2. The molecule has 0 radical (unpaired) electrons. The predicted molar refractivity (Wildman–Crippen MR) is 78.8 cm³/mol. The van der Waals surface area contributed by atoms with Crippen molar-refractivity contribution in [2.45, 2.75) is 25.7 Å². The number of aromatic nitrogens is 1. The molecule has 5 heteroatoms. The van der Waals surface area contributed by atoms with Crippen molar-refractivity contribution in [1.82, 2.24) is 9.88 Å². The Labute approximate surface area is 121 Å². The number of thiazole rings is 1. The molecule has 2 heterocycles. The van der Waals surface area contributed by atoms with Crippen molar-refractivity contribution >= 4 is 39.1 Å². The number of amides is 1. The van der Waals surface area contributed by atoms with Crippen LogP contribution in [0.5, 0.6) is 0 Å². The second-order valence-electron chi connectivity index (χ2n) is 4.84. The molecule has 1 amide bonds. The minimum Gasteiger partial charge on any atom is -0.342 e. The number of fused-ring (bicyclic) bond motifs is 1. The average molecular weight is 295 g/mol. The van der Waals surface area contributed by atoms with Gasteiger partial charge in [-0.05, 0) is 37.5 Å². The maximum atomic E-state index is 12.2.